The molecule has 0 saturated carbocycles. The fraction of sp³-hybridized carbons (Fsp3) is 0. The number of nitrogens with zero attached hydrogens (tertiary/aromatic N) is 1. The predicted octanol–water partition coefficient (Wildman–Crippen LogP) is 1.46. The second kappa shape index (κ2) is 5.04. The zero-order chi connectivity index (χ0) is 11.4. The van der Waals surface area contributed by atoms with Crippen LogP contribution >= 0.6 is 28.1 Å². The summed E-state index contributed by atoms with van der Waals surface area (Å²) < 4.78 is 13.6. The molecular formula is C8H7BrFN3OS. The maximum Gasteiger partial charge on any atom is 0.184 e. The topological polar surface area (TPSA) is 70.6 Å². The number of rotatable bonds is 2. The summed E-state index contributed by atoms with van der Waals surface area (Å²) in [5.74, 6) is -0.767. The van der Waals surface area contributed by atoms with Crippen LogP contribution in [0.4, 0.5) is 4.39 Å². The van der Waals surface area contributed by atoms with Crippen molar-refractivity contribution in [3.8, 4) is 5.75 Å². The molecule has 4 N–H and O–H groups in total. The Balaban J connectivity index is 2.90. The van der Waals surface area contributed by atoms with Gasteiger partial charge in [0.05, 0.1) is 10.7 Å². The van der Waals surface area contributed by atoms with Crippen LogP contribution < -0.4 is 11.2 Å². The fourth-order valence-corrected chi connectivity index (χ4v) is 1.23. The molecule has 0 fully saturated rings. The van der Waals surface area contributed by atoms with Gasteiger partial charge in [0.25, 0.3) is 0 Å². The van der Waals surface area contributed by atoms with E-state index in [1.165, 1.54) is 12.3 Å². The Bertz CT molecular complexity index is 425. The first-order valence-corrected chi connectivity index (χ1v) is 4.97. The van der Waals surface area contributed by atoms with E-state index in [0.717, 1.165) is 6.07 Å². The molecule has 0 atom stereocenters. The second-order valence-corrected chi connectivity index (χ2v) is 3.85. The van der Waals surface area contributed by atoms with Gasteiger partial charge in [-0.15, -0.1) is 0 Å². The molecule has 0 saturated heterocycles. The number of nitrogens with one attached hydrogen (secondary N) is 1. The molecule has 15 heavy (non-hydrogen) atoms. The third-order valence-corrected chi connectivity index (χ3v) is 2.17. The first-order chi connectivity index (χ1) is 7.00. The maximum atomic E-state index is 13.2. The molecule has 1 rings (SSSR count). The summed E-state index contributed by atoms with van der Waals surface area (Å²) in [5, 5.41) is 12.7. The van der Waals surface area contributed by atoms with Gasteiger partial charge >= 0.3 is 0 Å². The molecule has 0 aromatic heterocycles. The average Bonchev–Trinajstić information content (AvgIpc) is 2.13. The first-order valence-electron chi connectivity index (χ1n) is 3.77. The summed E-state index contributed by atoms with van der Waals surface area (Å²) in [5.41, 5.74) is 7.60. The minimum Gasteiger partial charge on any atom is -0.507 e. The molecule has 0 aliphatic rings. The van der Waals surface area contributed by atoms with Crippen molar-refractivity contribution in [3.63, 3.8) is 0 Å². The largest absolute Gasteiger partial charge is 0.507 e. The van der Waals surface area contributed by atoms with Crippen LogP contribution in [0.2, 0.25) is 0 Å². The van der Waals surface area contributed by atoms with Gasteiger partial charge < -0.3 is 10.8 Å². The van der Waals surface area contributed by atoms with Gasteiger partial charge in [-0.05, 0) is 34.2 Å². The number of benzene rings is 1. The number of hydrogen-bond acceptors (Lipinski definition) is 3. The minimum absolute atomic E-state index is 0.00972. The average molecular weight is 292 g/mol. The Morgan fingerprint density at radius 2 is 2.33 bits per heavy atom. The van der Waals surface area contributed by atoms with Gasteiger partial charge in [0, 0.05) is 11.6 Å². The van der Waals surface area contributed by atoms with Gasteiger partial charge in [-0.1, -0.05) is 0 Å². The molecule has 4 nitrogen and oxygen atoms in total. The molecule has 0 unspecified atom stereocenters. The molecule has 0 radical (unpaired) electrons. The third kappa shape index (κ3) is 3.45. The number of phenols is 1. The summed E-state index contributed by atoms with van der Waals surface area (Å²) in [7, 11) is 0. The van der Waals surface area contributed by atoms with Gasteiger partial charge in [-0.25, -0.2) is 4.39 Å². The van der Waals surface area contributed by atoms with Crippen molar-refractivity contribution in [2.45, 2.75) is 0 Å². The summed E-state index contributed by atoms with van der Waals surface area (Å²) in [6, 6.07) is 2.36. The van der Waals surface area contributed by atoms with E-state index >= 15 is 0 Å². The molecule has 7 heteroatoms. The number of nitrogens with two attached hydrogens (primary N) is 1. The summed E-state index contributed by atoms with van der Waals surface area (Å²) in [6.07, 6.45) is 1.21. The summed E-state index contributed by atoms with van der Waals surface area (Å²) >= 11 is 7.55. The zero-order valence-electron chi connectivity index (χ0n) is 7.37. The van der Waals surface area contributed by atoms with Crippen molar-refractivity contribution in [2.24, 2.45) is 10.8 Å². The normalized spacial score (nSPS) is 10.5. The number of aromatic hydroxyl groups is 1. The lowest BCUT2D eigenvalue weighted by atomic mass is 10.2. The Labute approximate surface area is 99.1 Å². The maximum absolute atomic E-state index is 13.2. The van der Waals surface area contributed by atoms with E-state index in [1.54, 1.807) is 0 Å². The van der Waals surface area contributed by atoms with E-state index in [9.17, 15) is 4.39 Å². The standard InChI is InChI=1S/C8H7BrFN3OS/c9-5-1-4(3-12-13-8(11)15)6(10)2-7(5)14/h1-3,14H,(H3,11,13,15). The highest BCUT2D eigenvalue weighted by molar-refractivity contribution is 9.10. The predicted molar refractivity (Wildman–Crippen MR) is 63.3 cm³/mol. The lowest BCUT2D eigenvalue weighted by molar-refractivity contribution is 0.465. The van der Waals surface area contributed by atoms with Crippen molar-refractivity contribution in [1.82, 2.24) is 5.43 Å². The molecule has 1 aromatic carbocycles. The summed E-state index contributed by atoms with van der Waals surface area (Å²) in [4.78, 5) is 0. The van der Waals surface area contributed by atoms with E-state index in [-0.39, 0.29) is 16.4 Å². The lowest BCUT2D eigenvalue weighted by Gasteiger charge is -2.00. The smallest absolute Gasteiger partial charge is 0.184 e. The Morgan fingerprint density at radius 1 is 1.67 bits per heavy atom. The Kier molecular flexibility index (Phi) is 3.98. The van der Waals surface area contributed by atoms with Crippen molar-refractivity contribution in [2.75, 3.05) is 0 Å². The number of hydrogen-bond donors (Lipinski definition) is 3. The summed E-state index contributed by atoms with van der Waals surface area (Å²) in [6.45, 7) is 0. The second-order valence-electron chi connectivity index (χ2n) is 2.56. The molecule has 1 aromatic rings. The number of hydrazone groups is 1. The molecule has 0 heterocycles. The van der Waals surface area contributed by atoms with Crippen molar-refractivity contribution in [3.05, 3.63) is 28.0 Å². The lowest BCUT2D eigenvalue weighted by Crippen LogP contribution is -2.24. The highest BCUT2D eigenvalue weighted by Crippen LogP contribution is 2.25. The van der Waals surface area contributed by atoms with Crippen molar-refractivity contribution < 1.29 is 9.50 Å². The van der Waals surface area contributed by atoms with Crippen LogP contribution in [0, 0.1) is 5.82 Å². The van der Waals surface area contributed by atoms with Crippen molar-refractivity contribution in [1.29, 1.82) is 0 Å². The Morgan fingerprint density at radius 3 is 2.93 bits per heavy atom. The monoisotopic (exact) mass is 291 g/mol. The van der Waals surface area contributed by atoms with E-state index in [4.69, 9.17) is 10.8 Å². The van der Waals surface area contributed by atoms with Crippen LogP contribution in [-0.4, -0.2) is 16.4 Å². The van der Waals surface area contributed by atoms with Gasteiger partial charge in [0.2, 0.25) is 0 Å². The third-order valence-electron chi connectivity index (χ3n) is 1.44. The minimum atomic E-state index is -0.593. The number of thiocarbonyl (C=S) groups is 1. The molecule has 0 amide bonds. The van der Waals surface area contributed by atoms with Crippen LogP contribution in [0.25, 0.3) is 0 Å². The van der Waals surface area contributed by atoms with E-state index in [0.29, 0.717) is 4.47 Å². The van der Waals surface area contributed by atoms with Gasteiger partial charge in [0.1, 0.15) is 11.6 Å². The highest BCUT2D eigenvalue weighted by Gasteiger charge is 2.05. The molecule has 0 aliphatic carbocycles. The van der Waals surface area contributed by atoms with Crippen LogP contribution in [0.5, 0.6) is 5.75 Å². The number of halogens is 2. The van der Waals surface area contributed by atoms with E-state index < -0.39 is 5.82 Å². The Hall–Kier alpha value is -1.21. The SMILES string of the molecule is NC(=S)NN=Cc1cc(Br)c(O)cc1F. The van der Waals surface area contributed by atoms with Crippen LogP contribution in [0.15, 0.2) is 21.7 Å². The van der Waals surface area contributed by atoms with Gasteiger partial charge in [-0.3, -0.25) is 5.43 Å². The zero-order valence-corrected chi connectivity index (χ0v) is 9.77. The fourth-order valence-electron chi connectivity index (χ4n) is 0.816. The molecule has 0 bridgehead atoms. The van der Waals surface area contributed by atoms with Crippen LogP contribution in [0.1, 0.15) is 5.56 Å². The van der Waals surface area contributed by atoms with E-state index in [1.807, 2.05) is 0 Å². The van der Waals surface area contributed by atoms with Crippen LogP contribution in [-0.2, 0) is 0 Å². The van der Waals surface area contributed by atoms with Gasteiger partial charge in [-0.2, -0.15) is 5.10 Å². The van der Waals surface area contributed by atoms with Gasteiger partial charge in [0.15, 0.2) is 5.11 Å². The highest BCUT2D eigenvalue weighted by atomic mass is 79.9. The molecule has 0 spiro atoms. The van der Waals surface area contributed by atoms with E-state index in [2.05, 4.69) is 38.7 Å². The molecular weight excluding hydrogens is 285 g/mol. The first kappa shape index (κ1) is 11.9. The van der Waals surface area contributed by atoms with Crippen molar-refractivity contribution >= 4 is 39.5 Å². The molecule has 0 aliphatic heterocycles. The quantitative estimate of drug-likeness (QED) is 0.438. The molecule has 80 valence electrons. The van der Waals surface area contributed by atoms with Crippen LogP contribution in [0.3, 0.4) is 0 Å². The number of phenolic OH excluding ortho intramolecular Hbond substituents is 1.